The molecule has 4 rings (SSSR count). The third kappa shape index (κ3) is 5.98. The molecule has 37 heavy (non-hydrogen) atoms. The highest BCUT2D eigenvalue weighted by atomic mass is 35.5. The number of halogens is 1. The molecule has 0 atom stereocenters. The fourth-order valence-electron chi connectivity index (χ4n) is 4.00. The van der Waals surface area contributed by atoms with Crippen molar-refractivity contribution in [2.75, 3.05) is 6.61 Å². The third-order valence-corrected chi connectivity index (χ3v) is 6.37. The molecule has 0 bridgehead atoms. The van der Waals surface area contributed by atoms with Crippen LogP contribution >= 0.6 is 11.6 Å². The van der Waals surface area contributed by atoms with E-state index >= 15 is 0 Å². The van der Waals surface area contributed by atoms with E-state index in [0.29, 0.717) is 43.6 Å². The molecule has 1 heterocycles. The number of aldehydes is 2. The van der Waals surface area contributed by atoms with Gasteiger partial charge < -0.3 is 14.6 Å². The number of carbonyl (C=O) groups excluding carboxylic acids is 2. The van der Waals surface area contributed by atoms with Gasteiger partial charge in [-0.3, -0.25) is 14.3 Å². The Balaban J connectivity index is 1.46. The second-order valence-corrected chi connectivity index (χ2v) is 8.90. The fraction of sp³-hybridized carbons (Fsp3) is 0.214. The van der Waals surface area contributed by atoms with Crippen molar-refractivity contribution in [1.29, 1.82) is 0 Å². The number of rotatable bonds is 11. The van der Waals surface area contributed by atoms with Crippen molar-refractivity contribution in [2.24, 2.45) is 0 Å². The molecule has 4 aromatic rings. The molecule has 8 nitrogen and oxygen atoms in total. The molecule has 1 N–H and O–H groups in total. The average molecular weight is 520 g/mol. The Morgan fingerprint density at radius 2 is 1.73 bits per heavy atom. The van der Waals surface area contributed by atoms with Gasteiger partial charge in [-0.1, -0.05) is 47.1 Å². The molecular formula is C28H26ClN3O5. The Bertz CT molecular complexity index is 1430. The number of aromatic nitrogens is 3. The normalized spacial score (nSPS) is 10.8. The second-order valence-electron chi connectivity index (χ2n) is 8.49. The highest BCUT2D eigenvalue weighted by Gasteiger charge is 2.14. The van der Waals surface area contributed by atoms with Crippen LogP contribution in [0.15, 0.2) is 54.7 Å². The average Bonchev–Trinajstić information content (AvgIpc) is 3.36. The van der Waals surface area contributed by atoms with E-state index < -0.39 is 0 Å². The van der Waals surface area contributed by atoms with Crippen molar-refractivity contribution in [3.8, 4) is 28.4 Å². The van der Waals surface area contributed by atoms with E-state index in [1.807, 2.05) is 38.1 Å². The molecular weight excluding hydrogens is 494 g/mol. The number of phenolic OH excluding ortho intramolecular Hbond substituents is 1. The molecule has 0 fully saturated rings. The zero-order valence-corrected chi connectivity index (χ0v) is 21.2. The van der Waals surface area contributed by atoms with Crippen molar-refractivity contribution < 1.29 is 24.2 Å². The van der Waals surface area contributed by atoms with Gasteiger partial charge in [0.05, 0.1) is 23.4 Å². The molecule has 0 aliphatic carbocycles. The van der Waals surface area contributed by atoms with E-state index in [-0.39, 0.29) is 22.9 Å². The summed E-state index contributed by atoms with van der Waals surface area (Å²) in [6.07, 6.45) is 3.53. The summed E-state index contributed by atoms with van der Waals surface area (Å²) < 4.78 is 13.6. The Morgan fingerprint density at radius 3 is 2.46 bits per heavy atom. The monoisotopic (exact) mass is 519 g/mol. The fourth-order valence-corrected chi connectivity index (χ4v) is 4.22. The van der Waals surface area contributed by atoms with Crippen molar-refractivity contribution in [1.82, 2.24) is 15.0 Å². The van der Waals surface area contributed by atoms with Crippen LogP contribution in [-0.4, -0.2) is 39.3 Å². The van der Waals surface area contributed by atoms with Crippen LogP contribution in [0.5, 0.6) is 17.2 Å². The number of ether oxygens (including phenoxy) is 2. The molecule has 0 amide bonds. The summed E-state index contributed by atoms with van der Waals surface area (Å²) in [5.74, 6) is 0.914. The quantitative estimate of drug-likeness (QED) is 0.203. The van der Waals surface area contributed by atoms with Gasteiger partial charge in [0.15, 0.2) is 12.6 Å². The summed E-state index contributed by atoms with van der Waals surface area (Å²) in [5, 5.41) is 17.9. The molecule has 0 unspecified atom stereocenters. The van der Waals surface area contributed by atoms with Crippen LogP contribution < -0.4 is 9.47 Å². The lowest BCUT2D eigenvalue weighted by Gasteiger charge is -2.17. The van der Waals surface area contributed by atoms with Crippen LogP contribution in [0.2, 0.25) is 5.02 Å². The molecule has 3 aromatic carbocycles. The Labute approximate surface area is 219 Å². The van der Waals surface area contributed by atoms with Crippen LogP contribution in [-0.2, 0) is 13.2 Å². The number of aryl methyl sites for hydroxylation is 1. The minimum atomic E-state index is -0.181. The summed E-state index contributed by atoms with van der Waals surface area (Å²) in [6, 6.07) is 14.7. The van der Waals surface area contributed by atoms with Crippen LogP contribution in [0.4, 0.5) is 0 Å². The molecule has 0 spiro atoms. The Kier molecular flexibility index (Phi) is 8.20. The lowest BCUT2D eigenvalue weighted by Crippen LogP contribution is -2.06. The van der Waals surface area contributed by atoms with E-state index in [4.69, 9.17) is 21.1 Å². The lowest BCUT2D eigenvalue weighted by molar-refractivity contribution is 0.111. The van der Waals surface area contributed by atoms with Gasteiger partial charge >= 0.3 is 0 Å². The van der Waals surface area contributed by atoms with Gasteiger partial charge in [-0.15, -0.1) is 5.10 Å². The second kappa shape index (κ2) is 11.7. The number of carbonyl (C=O) groups is 2. The minimum Gasteiger partial charge on any atom is -0.507 e. The first-order chi connectivity index (χ1) is 17.9. The van der Waals surface area contributed by atoms with Crippen LogP contribution in [0, 0.1) is 13.8 Å². The minimum absolute atomic E-state index is 0.110. The molecule has 0 radical (unpaired) electrons. The van der Waals surface area contributed by atoms with Gasteiger partial charge in [0.1, 0.15) is 29.5 Å². The van der Waals surface area contributed by atoms with Crippen LogP contribution in [0.25, 0.3) is 11.1 Å². The predicted molar refractivity (Wildman–Crippen MR) is 140 cm³/mol. The summed E-state index contributed by atoms with van der Waals surface area (Å²) in [6.45, 7) is 5.38. The molecule has 190 valence electrons. The van der Waals surface area contributed by atoms with E-state index in [2.05, 4.69) is 22.4 Å². The first-order valence-corrected chi connectivity index (χ1v) is 12.1. The predicted octanol–water partition coefficient (Wildman–Crippen LogP) is 5.59. The maximum atomic E-state index is 11.0. The van der Waals surface area contributed by atoms with E-state index in [1.54, 1.807) is 10.9 Å². The number of hydrogen-bond donors (Lipinski definition) is 1. The smallest absolute Gasteiger partial charge is 0.171 e. The maximum absolute atomic E-state index is 11.0. The van der Waals surface area contributed by atoms with Crippen molar-refractivity contribution in [3.05, 3.63) is 87.7 Å². The first kappa shape index (κ1) is 25.9. The summed E-state index contributed by atoms with van der Waals surface area (Å²) >= 11 is 6.22. The zero-order valence-electron chi connectivity index (χ0n) is 20.5. The third-order valence-electron chi connectivity index (χ3n) is 6.08. The standard InChI is InChI=1S/C28H26ClN3O5/c1-18-20(17-37-28-13-26(35)21(15-33)12-25(28)29)6-3-7-23(18)24-8-4-9-27(19(24)2)36-11-5-10-32-14-22(16-34)30-31-32/h3-4,6-9,12-16,35H,5,10-11,17H2,1-2H3. The highest BCUT2D eigenvalue weighted by molar-refractivity contribution is 6.32. The number of hydrogen-bond acceptors (Lipinski definition) is 7. The number of benzene rings is 3. The molecule has 1 aromatic heterocycles. The highest BCUT2D eigenvalue weighted by Crippen LogP contribution is 2.35. The maximum Gasteiger partial charge on any atom is 0.171 e. The van der Waals surface area contributed by atoms with Crippen molar-refractivity contribution in [2.45, 2.75) is 33.4 Å². The van der Waals surface area contributed by atoms with Crippen molar-refractivity contribution in [3.63, 3.8) is 0 Å². The summed E-state index contributed by atoms with van der Waals surface area (Å²) in [4.78, 5) is 21.7. The van der Waals surface area contributed by atoms with Crippen molar-refractivity contribution >= 4 is 24.2 Å². The van der Waals surface area contributed by atoms with Gasteiger partial charge in [-0.05, 0) is 53.8 Å². The summed E-state index contributed by atoms with van der Waals surface area (Å²) in [5.41, 5.74) is 5.55. The van der Waals surface area contributed by atoms with E-state index in [9.17, 15) is 14.7 Å². The lowest BCUT2D eigenvalue weighted by atomic mass is 9.93. The number of phenols is 1. The van der Waals surface area contributed by atoms with Gasteiger partial charge in [-0.25, -0.2) is 0 Å². The Morgan fingerprint density at radius 1 is 0.973 bits per heavy atom. The molecule has 0 aliphatic rings. The van der Waals surface area contributed by atoms with E-state index in [1.165, 1.54) is 12.1 Å². The van der Waals surface area contributed by atoms with Crippen LogP contribution in [0.3, 0.4) is 0 Å². The molecule has 0 saturated heterocycles. The first-order valence-electron chi connectivity index (χ1n) is 11.7. The SMILES string of the molecule is Cc1c(COc2cc(O)c(C=O)cc2Cl)cccc1-c1cccc(OCCCn2cc(C=O)nn2)c1C. The zero-order chi connectivity index (χ0) is 26.4. The summed E-state index contributed by atoms with van der Waals surface area (Å²) in [7, 11) is 0. The molecule has 9 heteroatoms. The largest absolute Gasteiger partial charge is 0.507 e. The number of aromatic hydroxyl groups is 1. The number of nitrogens with zero attached hydrogens (tertiary/aromatic N) is 3. The molecule has 0 aliphatic heterocycles. The van der Waals surface area contributed by atoms with Gasteiger partial charge in [-0.2, -0.15) is 0 Å². The molecule has 0 saturated carbocycles. The van der Waals surface area contributed by atoms with Gasteiger partial charge in [0.25, 0.3) is 0 Å². The van der Waals surface area contributed by atoms with Crippen LogP contribution in [0.1, 0.15) is 44.0 Å². The van der Waals surface area contributed by atoms with Gasteiger partial charge in [0, 0.05) is 19.0 Å². The van der Waals surface area contributed by atoms with Gasteiger partial charge in [0.2, 0.25) is 0 Å². The Hall–Kier alpha value is -4.17. The van der Waals surface area contributed by atoms with E-state index in [0.717, 1.165) is 33.6 Å². The topological polar surface area (TPSA) is 104 Å².